The third-order valence-corrected chi connectivity index (χ3v) is 9.78. The van der Waals surface area contributed by atoms with E-state index < -0.39 is 35.3 Å². The maximum atomic E-state index is 14.3. The number of nitrogens with one attached hydrogen (secondary N) is 1. The Kier molecular flexibility index (Phi) is 8.07. The van der Waals surface area contributed by atoms with Crippen molar-refractivity contribution in [2.45, 2.75) is 11.8 Å². The minimum absolute atomic E-state index is 0.0601. The van der Waals surface area contributed by atoms with Crippen LogP contribution in [0.1, 0.15) is 6.92 Å². The summed E-state index contributed by atoms with van der Waals surface area (Å²) in [5.74, 6) is -0.444. The summed E-state index contributed by atoms with van der Waals surface area (Å²) in [5, 5.41) is 3.31. The van der Waals surface area contributed by atoms with Gasteiger partial charge in [-0.25, -0.2) is 17.8 Å². The fourth-order valence-corrected chi connectivity index (χ4v) is 7.10. The molecule has 4 aromatic carbocycles. The van der Waals surface area contributed by atoms with Crippen LogP contribution < -0.4 is 21.1 Å². The summed E-state index contributed by atoms with van der Waals surface area (Å²) < 4.78 is 47.0. The number of amides is 1. The predicted octanol–water partition coefficient (Wildman–Crippen LogP) is 7.03. The molecular formula is C30H20Cl2N3O8PS. The number of halogens is 2. The van der Waals surface area contributed by atoms with Gasteiger partial charge in [-0.3, -0.25) is 14.7 Å². The van der Waals surface area contributed by atoms with Crippen LogP contribution in [0.3, 0.4) is 0 Å². The quantitative estimate of drug-likeness (QED) is 0.197. The Labute approximate surface area is 265 Å². The van der Waals surface area contributed by atoms with Gasteiger partial charge in [-0.15, -0.1) is 3.97 Å². The lowest BCUT2D eigenvalue weighted by atomic mass is 10.2. The summed E-state index contributed by atoms with van der Waals surface area (Å²) in [4.78, 5) is 39.9. The Morgan fingerprint density at radius 1 is 0.822 bits per heavy atom. The molecular weight excluding hydrogens is 664 g/mol. The van der Waals surface area contributed by atoms with Crippen molar-refractivity contribution in [1.29, 1.82) is 0 Å². The van der Waals surface area contributed by atoms with Gasteiger partial charge in [0.25, 0.3) is 15.6 Å². The Balaban J connectivity index is 1.77. The molecule has 0 bridgehead atoms. The van der Waals surface area contributed by atoms with Crippen LogP contribution in [-0.2, 0) is 14.8 Å². The molecule has 6 rings (SSSR count). The minimum atomic E-state index is -4.77. The van der Waals surface area contributed by atoms with E-state index in [1.54, 1.807) is 54.6 Å². The maximum Gasteiger partial charge on any atom is 0.352 e. The highest BCUT2D eigenvalue weighted by Crippen LogP contribution is 2.40. The average Bonchev–Trinajstić information content (AvgIpc) is 3.14. The number of rotatable bonds is 6. The summed E-state index contributed by atoms with van der Waals surface area (Å²) in [6.07, 6.45) is 0. The van der Waals surface area contributed by atoms with E-state index in [-0.39, 0.29) is 47.0 Å². The van der Waals surface area contributed by atoms with Gasteiger partial charge in [-0.1, -0.05) is 53.5 Å². The molecule has 0 fully saturated rings. The number of para-hydroxylation sites is 1. The number of aromatic nitrogens is 2. The van der Waals surface area contributed by atoms with Crippen LogP contribution in [-0.4, -0.2) is 22.9 Å². The van der Waals surface area contributed by atoms with E-state index in [9.17, 15) is 22.8 Å². The van der Waals surface area contributed by atoms with Crippen molar-refractivity contribution >= 4 is 69.0 Å². The van der Waals surface area contributed by atoms with Gasteiger partial charge in [0.05, 0.1) is 26.6 Å². The van der Waals surface area contributed by atoms with Gasteiger partial charge in [-0.05, 0) is 66.7 Å². The van der Waals surface area contributed by atoms with Crippen LogP contribution in [0.15, 0.2) is 120 Å². The lowest BCUT2D eigenvalue weighted by molar-refractivity contribution is -0.113. The van der Waals surface area contributed by atoms with Crippen molar-refractivity contribution in [3.05, 3.63) is 128 Å². The van der Waals surface area contributed by atoms with Crippen molar-refractivity contribution < 1.29 is 26.3 Å². The van der Waals surface area contributed by atoms with E-state index in [0.717, 1.165) is 4.57 Å². The molecule has 6 aromatic rings. The first-order chi connectivity index (χ1) is 21.5. The van der Waals surface area contributed by atoms with Crippen LogP contribution in [0.5, 0.6) is 11.7 Å². The zero-order valence-corrected chi connectivity index (χ0v) is 26.2. The predicted molar refractivity (Wildman–Crippen MR) is 172 cm³/mol. The van der Waals surface area contributed by atoms with Crippen molar-refractivity contribution in [3.63, 3.8) is 0 Å². The molecule has 0 aliphatic rings. The summed E-state index contributed by atoms with van der Waals surface area (Å²) in [5.41, 5.74) is -2.46. The Bertz CT molecular complexity index is 2390. The molecule has 0 aliphatic heterocycles. The van der Waals surface area contributed by atoms with E-state index in [4.69, 9.17) is 36.3 Å². The molecule has 1 unspecified atom stereocenters. The van der Waals surface area contributed by atoms with Crippen molar-refractivity contribution in [1.82, 2.24) is 8.54 Å². The zero-order valence-electron chi connectivity index (χ0n) is 23.0. The van der Waals surface area contributed by atoms with Crippen molar-refractivity contribution in [3.8, 4) is 17.6 Å². The molecule has 2 aromatic heterocycles. The first kappa shape index (κ1) is 30.3. The minimum Gasteiger partial charge on any atom is -0.425 e. The second-order valence-corrected chi connectivity index (χ2v) is 13.2. The molecule has 15 heteroatoms. The van der Waals surface area contributed by atoms with Crippen LogP contribution in [0, 0.1) is 0 Å². The largest absolute Gasteiger partial charge is 0.425 e. The molecule has 1 atom stereocenters. The van der Waals surface area contributed by atoms with Crippen molar-refractivity contribution in [2.24, 2.45) is 0 Å². The summed E-state index contributed by atoms with van der Waals surface area (Å²) >= 11 is 12.3. The number of carbonyl (C=O) groups excluding carboxylic acids is 1. The molecule has 45 heavy (non-hydrogen) atoms. The molecule has 0 radical (unpaired) electrons. The van der Waals surface area contributed by atoms with E-state index in [0.29, 0.717) is 11.1 Å². The highest BCUT2D eigenvalue weighted by molar-refractivity contribution is 7.90. The van der Waals surface area contributed by atoms with Crippen LogP contribution >= 0.6 is 31.4 Å². The number of hydrogen-bond acceptors (Lipinski definition) is 8. The number of nitrogens with zero attached hydrogens (tertiary/aromatic N) is 2. The fourth-order valence-electron chi connectivity index (χ4n) is 4.50. The molecule has 0 saturated heterocycles. The van der Waals surface area contributed by atoms with E-state index >= 15 is 0 Å². The van der Waals surface area contributed by atoms with Gasteiger partial charge in [0.1, 0.15) is 5.75 Å². The molecule has 11 nitrogen and oxygen atoms in total. The SMILES string of the molecule is CC(=O)Np1oc(Oc2ccccc2)c2ccccc2c(-n2c(=O)n(S(=O)(=O)c3ccc(Cl)cc3)c(=O)c3ccc(Cl)cc32)o1. The lowest BCUT2D eigenvalue weighted by Gasteiger charge is -2.14. The second-order valence-electron chi connectivity index (χ2n) is 9.47. The monoisotopic (exact) mass is 683 g/mol. The summed E-state index contributed by atoms with van der Waals surface area (Å²) in [6, 6.07) is 24.2. The van der Waals surface area contributed by atoms with Gasteiger partial charge in [0.2, 0.25) is 11.8 Å². The van der Waals surface area contributed by atoms with Crippen LogP contribution in [0.25, 0.3) is 27.6 Å². The fraction of sp³-hybridized carbons (Fsp3) is 0.0333. The number of ether oxygens (including phenoxy) is 1. The van der Waals surface area contributed by atoms with Crippen LogP contribution in [0.2, 0.25) is 10.0 Å². The number of benzene rings is 4. The molecule has 228 valence electrons. The maximum absolute atomic E-state index is 14.3. The molecule has 1 N–H and O–H groups in total. The van der Waals surface area contributed by atoms with Gasteiger partial charge in [-0.2, -0.15) is 0 Å². The van der Waals surface area contributed by atoms with E-state index in [1.807, 2.05) is 0 Å². The Hall–Kier alpha value is -4.74. The van der Waals surface area contributed by atoms with Crippen LogP contribution in [0.4, 0.5) is 0 Å². The molecule has 2 heterocycles. The highest BCUT2D eigenvalue weighted by atomic mass is 35.5. The zero-order chi connectivity index (χ0) is 31.9. The standard InChI is InChI=1S/C30H20Cl2N3O8PS/c1-18(36)33-44-42-28(23-9-5-6-10-24(23)29(43-44)41-21-7-3-2-4-8-21)34-26-17-20(32)13-16-25(26)27(37)35(30(34)38)45(39,40)22-14-11-19(31)12-15-22/h2-17H,1H3,(H,33,36). The van der Waals surface area contributed by atoms with E-state index in [1.165, 1.54) is 49.4 Å². The molecule has 0 saturated carbocycles. The second kappa shape index (κ2) is 12.0. The number of carbonyl (C=O) groups is 1. The van der Waals surface area contributed by atoms with Gasteiger partial charge >= 0.3 is 19.8 Å². The summed E-state index contributed by atoms with van der Waals surface area (Å²) in [6.45, 7) is 1.24. The first-order valence-corrected chi connectivity index (χ1v) is 16.4. The smallest absolute Gasteiger partial charge is 0.352 e. The average molecular weight is 684 g/mol. The molecule has 0 aliphatic carbocycles. The molecule has 1 amide bonds. The first-order valence-electron chi connectivity index (χ1n) is 13.0. The molecule has 0 spiro atoms. The van der Waals surface area contributed by atoms with Gasteiger partial charge in [0.15, 0.2) is 0 Å². The lowest BCUT2D eigenvalue weighted by Crippen LogP contribution is -2.43. The van der Waals surface area contributed by atoms with E-state index in [2.05, 4.69) is 5.09 Å². The number of fused-ring (bicyclic) bond motifs is 2. The number of hydrogen-bond donors (Lipinski definition) is 1. The Morgan fingerprint density at radius 3 is 2.16 bits per heavy atom. The third kappa shape index (κ3) is 5.76. The third-order valence-electron chi connectivity index (χ3n) is 6.45. The normalized spacial score (nSPS) is 11.8. The van der Waals surface area contributed by atoms with Gasteiger partial charge in [0, 0.05) is 17.0 Å². The summed E-state index contributed by atoms with van der Waals surface area (Å²) in [7, 11) is -7.16. The van der Waals surface area contributed by atoms with Gasteiger partial charge < -0.3 is 13.1 Å². The highest BCUT2D eigenvalue weighted by Gasteiger charge is 2.28. The Morgan fingerprint density at radius 2 is 1.47 bits per heavy atom. The van der Waals surface area contributed by atoms with Crippen molar-refractivity contribution in [2.75, 3.05) is 5.09 Å². The topological polar surface area (TPSA) is 143 Å².